The van der Waals surface area contributed by atoms with Crippen LogP contribution in [0.15, 0.2) is 36.5 Å². The number of alkyl halides is 3. The fourth-order valence-corrected chi connectivity index (χ4v) is 4.77. The highest BCUT2D eigenvalue weighted by atomic mass is 19.4. The molecule has 0 unspecified atom stereocenters. The van der Waals surface area contributed by atoms with Gasteiger partial charge in [0.05, 0.1) is 5.52 Å². The van der Waals surface area contributed by atoms with Crippen LogP contribution in [-0.2, 0) is 23.9 Å². The van der Waals surface area contributed by atoms with E-state index < -0.39 is 12.0 Å². The van der Waals surface area contributed by atoms with Crippen LogP contribution in [0.25, 0.3) is 16.7 Å². The molecule has 0 atom stereocenters. The van der Waals surface area contributed by atoms with Crippen molar-refractivity contribution >= 4 is 22.6 Å². The van der Waals surface area contributed by atoms with Gasteiger partial charge in [-0.25, -0.2) is 9.50 Å². The molecule has 4 aromatic rings. The van der Waals surface area contributed by atoms with Gasteiger partial charge in [-0.1, -0.05) is 24.3 Å². The minimum Gasteiger partial charge on any atom is -0.340 e. The minimum atomic E-state index is -4.64. The first-order chi connectivity index (χ1) is 17.2. The van der Waals surface area contributed by atoms with Gasteiger partial charge in [-0.05, 0) is 37.5 Å². The van der Waals surface area contributed by atoms with Crippen LogP contribution < -0.4 is 0 Å². The number of para-hydroxylation sites is 1. The second-order valence-electron chi connectivity index (χ2n) is 9.06. The molecule has 5 rings (SSSR count). The van der Waals surface area contributed by atoms with Crippen LogP contribution in [0.4, 0.5) is 13.2 Å². The van der Waals surface area contributed by atoms with Gasteiger partial charge in [-0.15, -0.1) is 5.10 Å². The molecule has 11 heteroatoms. The summed E-state index contributed by atoms with van der Waals surface area (Å²) in [5, 5.41) is 4.69. The fraction of sp³-hybridized carbons (Fsp3) is 0.400. The van der Waals surface area contributed by atoms with Gasteiger partial charge in [-0.2, -0.15) is 18.2 Å². The van der Waals surface area contributed by atoms with Crippen molar-refractivity contribution in [3.63, 3.8) is 0 Å². The second kappa shape index (κ2) is 9.45. The first-order valence-electron chi connectivity index (χ1n) is 11.8. The molecule has 1 fully saturated rings. The van der Waals surface area contributed by atoms with Gasteiger partial charge >= 0.3 is 6.18 Å². The Balaban J connectivity index is 1.20. The van der Waals surface area contributed by atoms with E-state index in [1.54, 1.807) is 20.0 Å². The van der Waals surface area contributed by atoms with Gasteiger partial charge in [0.15, 0.2) is 0 Å². The highest BCUT2D eigenvalue weighted by Crippen LogP contribution is 2.27. The average molecular weight is 498 g/mol. The molecule has 0 bridgehead atoms. The number of halogens is 3. The molecular formula is C25H26F3N7O. The van der Waals surface area contributed by atoms with Crippen LogP contribution in [0, 0.1) is 13.8 Å². The zero-order valence-corrected chi connectivity index (χ0v) is 20.1. The van der Waals surface area contributed by atoms with Gasteiger partial charge in [0.2, 0.25) is 5.91 Å². The Bertz CT molecular complexity index is 1420. The molecule has 1 aromatic carbocycles. The van der Waals surface area contributed by atoms with Crippen molar-refractivity contribution in [3.05, 3.63) is 64.9 Å². The molecule has 1 saturated heterocycles. The number of aryl methyl sites for hydroxylation is 2. The molecule has 4 heterocycles. The van der Waals surface area contributed by atoms with Crippen molar-refractivity contribution in [2.24, 2.45) is 0 Å². The van der Waals surface area contributed by atoms with Crippen LogP contribution in [0.5, 0.6) is 0 Å². The molecule has 188 valence electrons. The lowest BCUT2D eigenvalue weighted by atomic mass is 10.1. The Morgan fingerprint density at radius 1 is 1.03 bits per heavy atom. The lowest BCUT2D eigenvalue weighted by Gasteiger charge is -2.35. The molecular weight excluding hydrogens is 471 g/mol. The van der Waals surface area contributed by atoms with Gasteiger partial charge in [-0.3, -0.25) is 14.7 Å². The summed E-state index contributed by atoms with van der Waals surface area (Å²) in [6.45, 7) is 6.96. The van der Waals surface area contributed by atoms with Crippen molar-refractivity contribution in [2.45, 2.75) is 39.4 Å². The van der Waals surface area contributed by atoms with E-state index in [0.29, 0.717) is 30.9 Å². The average Bonchev–Trinajstić information content (AvgIpc) is 3.29. The standard InChI is InChI=1S/C25H26F3N7O/c1-16-20(17(2)35-24(30-16)31-23(32-35)25(26,27)28)8-9-21(36)34-13-11-33(12-14-34)15-19-6-3-5-18-7-4-10-29-22(18)19/h3-7,10H,8-9,11-15H2,1-2H3. The number of pyridine rings is 1. The topological polar surface area (TPSA) is 79.5 Å². The van der Waals surface area contributed by atoms with Crippen LogP contribution in [0.2, 0.25) is 0 Å². The van der Waals surface area contributed by atoms with E-state index >= 15 is 0 Å². The normalized spacial score (nSPS) is 15.2. The van der Waals surface area contributed by atoms with Gasteiger partial charge < -0.3 is 4.90 Å². The van der Waals surface area contributed by atoms with Gasteiger partial charge in [0.25, 0.3) is 11.6 Å². The highest BCUT2D eigenvalue weighted by molar-refractivity contribution is 5.81. The van der Waals surface area contributed by atoms with E-state index in [9.17, 15) is 18.0 Å². The maximum absolute atomic E-state index is 13.0. The smallest absolute Gasteiger partial charge is 0.340 e. The molecule has 1 aliphatic heterocycles. The second-order valence-corrected chi connectivity index (χ2v) is 9.06. The van der Waals surface area contributed by atoms with Crippen molar-refractivity contribution < 1.29 is 18.0 Å². The lowest BCUT2D eigenvalue weighted by Crippen LogP contribution is -2.48. The largest absolute Gasteiger partial charge is 0.453 e. The lowest BCUT2D eigenvalue weighted by molar-refractivity contribution is -0.144. The van der Waals surface area contributed by atoms with E-state index in [1.807, 2.05) is 17.0 Å². The molecule has 8 nitrogen and oxygen atoms in total. The zero-order valence-electron chi connectivity index (χ0n) is 20.1. The van der Waals surface area contributed by atoms with E-state index in [1.165, 1.54) is 5.56 Å². The number of fused-ring (bicyclic) bond motifs is 2. The summed E-state index contributed by atoms with van der Waals surface area (Å²) in [5.74, 6) is -1.29. The number of carbonyl (C=O) groups is 1. The van der Waals surface area contributed by atoms with Gasteiger partial charge in [0, 0.05) is 62.1 Å². The molecule has 1 aliphatic rings. The summed E-state index contributed by atoms with van der Waals surface area (Å²) in [6.07, 6.45) is -2.21. The number of rotatable bonds is 5. The van der Waals surface area contributed by atoms with Crippen molar-refractivity contribution in [1.82, 2.24) is 34.4 Å². The molecule has 0 radical (unpaired) electrons. The third kappa shape index (κ3) is 4.75. The Morgan fingerprint density at radius 3 is 2.53 bits per heavy atom. The van der Waals surface area contributed by atoms with Crippen molar-refractivity contribution in [2.75, 3.05) is 26.2 Å². The van der Waals surface area contributed by atoms with Crippen molar-refractivity contribution in [1.29, 1.82) is 0 Å². The van der Waals surface area contributed by atoms with Gasteiger partial charge in [0.1, 0.15) is 0 Å². The summed E-state index contributed by atoms with van der Waals surface area (Å²) < 4.78 is 40.2. The minimum absolute atomic E-state index is 0.0231. The number of hydrogen-bond donors (Lipinski definition) is 0. The summed E-state index contributed by atoms with van der Waals surface area (Å²) in [5.41, 5.74) is 3.97. The predicted molar refractivity (Wildman–Crippen MR) is 127 cm³/mol. The Kier molecular flexibility index (Phi) is 6.33. The van der Waals surface area contributed by atoms with Crippen molar-refractivity contribution in [3.8, 4) is 0 Å². The first kappa shape index (κ1) is 24.1. The third-order valence-corrected chi connectivity index (χ3v) is 6.73. The molecule has 0 N–H and O–H groups in total. The Labute approximate surface area is 205 Å². The zero-order chi connectivity index (χ0) is 25.4. The highest BCUT2D eigenvalue weighted by Gasteiger charge is 2.37. The number of nitrogens with zero attached hydrogens (tertiary/aromatic N) is 7. The predicted octanol–water partition coefficient (Wildman–Crippen LogP) is 3.59. The summed E-state index contributed by atoms with van der Waals surface area (Å²) in [6, 6.07) is 10.2. The molecule has 0 spiro atoms. The Morgan fingerprint density at radius 2 is 1.78 bits per heavy atom. The Hall–Kier alpha value is -3.60. The number of benzene rings is 1. The summed E-state index contributed by atoms with van der Waals surface area (Å²) in [4.78, 5) is 29.3. The SMILES string of the molecule is Cc1nc2nc(C(F)(F)F)nn2c(C)c1CCC(=O)N1CCN(Cc2cccc3cccnc23)CC1. The number of amides is 1. The molecule has 0 saturated carbocycles. The summed E-state index contributed by atoms with van der Waals surface area (Å²) >= 11 is 0. The monoisotopic (exact) mass is 497 g/mol. The molecule has 1 amide bonds. The first-order valence-corrected chi connectivity index (χ1v) is 11.8. The van der Waals surface area contributed by atoms with E-state index in [-0.39, 0.29) is 18.1 Å². The van der Waals surface area contributed by atoms with Crippen LogP contribution in [-0.4, -0.2) is 66.5 Å². The number of aromatic nitrogens is 5. The van der Waals surface area contributed by atoms with E-state index in [2.05, 4.69) is 43.1 Å². The maximum atomic E-state index is 13.0. The fourth-order valence-electron chi connectivity index (χ4n) is 4.77. The number of hydrogen-bond acceptors (Lipinski definition) is 6. The van der Waals surface area contributed by atoms with Crippen LogP contribution in [0.3, 0.4) is 0 Å². The number of piperazine rings is 1. The quantitative estimate of drug-likeness (QED) is 0.419. The van der Waals surface area contributed by atoms with E-state index in [4.69, 9.17) is 0 Å². The maximum Gasteiger partial charge on any atom is 0.453 e. The molecule has 0 aliphatic carbocycles. The number of carbonyl (C=O) groups excluding carboxylic acids is 1. The summed E-state index contributed by atoms with van der Waals surface area (Å²) in [7, 11) is 0. The third-order valence-electron chi connectivity index (χ3n) is 6.73. The molecule has 36 heavy (non-hydrogen) atoms. The molecule has 3 aromatic heterocycles. The van der Waals surface area contributed by atoms with E-state index in [0.717, 1.165) is 40.6 Å². The van der Waals surface area contributed by atoms with Crippen LogP contribution in [0.1, 0.15) is 34.8 Å². The van der Waals surface area contributed by atoms with Crippen LogP contribution >= 0.6 is 0 Å².